The number of amides is 1. The summed E-state index contributed by atoms with van der Waals surface area (Å²) >= 11 is 0. The summed E-state index contributed by atoms with van der Waals surface area (Å²) in [6, 6.07) is 14.2. The second-order valence-corrected chi connectivity index (χ2v) is 6.59. The summed E-state index contributed by atoms with van der Waals surface area (Å²) in [5.74, 6) is 1.55. The van der Waals surface area contributed by atoms with E-state index in [1.807, 2.05) is 24.3 Å². The molecule has 0 saturated heterocycles. The number of rotatable bonds is 8. The highest BCUT2D eigenvalue weighted by Crippen LogP contribution is 2.29. The highest BCUT2D eigenvalue weighted by Gasteiger charge is 2.14. The van der Waals surface area contributed by atoms with E-state index in [0.29, 0.717) is 13.2 Å². The summed E-state index contributed by atoms with van der Waals surface area (Å²) < 4.78 is 11.4. The Morgan fingerprint density at radius 3 is 2.65 bits per heavy atom. The molecular weight excluding hydrogens is 326 g/mol. The fourth-order valence-corrected chi connectivity index (χ4v) is 3.26. The van der Waals surface area contributed by atoms with Crippen molar-refractivity contribution < 1.29 is 14.3 Å². The molecule has 0 heterocycles. The van der Waals surface area contributed by atoms with E-state index in [1.165, 1.54) is 29.5 Å². The van der Waals surface area contributed by atoms with Crippen molar-refractivity contribution in [2.24, 2.45) is 0 Å². The van der Waals surface area contributed by atoms with Crippen LogP contribution in [0.1, 0.15) is 36.5 Å². The van der Waals surface area contributed by atoms with E-state index in [2.05, 4.69) is 30.4 Å². The first-order valence-corrected chi connectivity index (χ1v) is 9.48. The van der Waals surface area contributed by atoms with Crippen LogP contribution >= 0.6 is 0 Å². The molecular formula is C22H27NO3. The molecule has 4 heteroatoms. The minimum absolute atomic E-state index is 0.0433. The van der Waals surface area contributed by atoms with Crippen molar-refractivity contribution in [2.75, 3.05) is 19.8 Å². The van der Waals surface area contributed by atoms with E-state index in [1.54, 1.807) is 0 Å². The van der Waals surface area contributed by atoms with Gasteiger partial charge in [0.25, 0.3) is 5.91 Å². The molecule has 0 aromatic heterocycles. The number of ether oxygens (including phenoxy) is 2. The monoisotopic (exact) mass is 353 g/mol. The van der Waals surface area contributed by atoms with Gasteiger partial charge in [0.05, 0.1) is 6.54 Å². The second-order valence-electron chi connectivity index (χ2n) is 6.59. The normalized spacial score (nSPS) is 13.0. The third-order valence-electron chi connectivity index (χ3n) is 4.74. The van der Waals surface area contributed by atoms with Crippen LogP contribution in [0.3, 0.4) is 0 Å². The molecule has 0 saturated carbocycles. The number of fused-ring (bicyclic) bond motifs is 1. The second kappa shape index (κ2) is 9.27. The van der Waals surface area contributed by atoms with Crippen LogP contribution in [-0.4, -0.2) is 25.7 Å². The number of aryl methyl sites for hydroxylation is 2. The zero-order valence-electron chi connectivity index (χ0n) is 15.4. The fourth-order valence-electron chi connectivity index (χ4n) is 3.26. The van der Waals surface area contributed by atoms with E-state index in [0.717, 1.165) is 30.8 Å². The fraction of sp³-hybridized carbons (Fsp3) is 0.409. The zero-order chi connectivity index (χ0) is 18.2. The lowest BCUT2D eigenvalue weighted by Gasteiger charge is -2.19. The molecule has 0 atom stereocenters. The maximum atomic E-state index is 12.0. The van der Waals surface area contributed by atoms with Gasteiger partial charge in [-0.1, -0.05) is 31.2 Å². The van der Waals surface area contributed by atoms with Gasteiger partial charge in [-0.2, -0.15) is 0 Å². The molecule has 0 bridgehead atoms. The zero-order valence-corrected chi connectivity index (χ0v) is 15.4. The largest absolute Gasteiger partial charge is 0.492 e. The highest BCUT2D eigenvalue weighted by molar-refractivity contribution is 5.77. The van der Waals surface area contributed by atoms with Gasteiger partial charge in [-0.05, 0) is 67.0 Å². The minimum Gasteiger partial charge on any atom is -0.492 e. The van der Waals surface area contributed by atoms with Crippen molar-refractivity contribution in [3.05, 3.63) is 59.2 Å². The predicted molar refractivity (Wildman–Crippen MR) is 103 cm³/mol. The molecule has 1 amide bonds. The highest BCUT2D eigenvalue weighted by atomic mass is 16.5. The van der Waals surface area contributed by atoms with E-state index < -0.39 is 0 Å². The summed E-state index contributed by atoms with van der Waals surface area (Å²) in [6.45, 7) is 3.07. The van der Waals surface area contributed by atoms with Gasteiger partial charge in [-0.25, -0.2) is 0 Å². The summed E-state index contributed by atoms with van der Waals surface area (Å²) in [5, 5.41) is 2.84. The topological polar surface area (TPSA) is 47.6 Å². The molecule has 2 aromatic rings. The Balaban J connectivity index is 1.38. The maximum Gasteiger partial charge on any atom is 0.258 e. The Hall–Kier alpha value is -2.49. The average Bonchev–Trinajstić information content (AvgIpc) is 2.70. The van der Waals surface area contributed by atoms with Crippen molar-refractivity contribution in [3.8, 4) is 11.5 Å². The van der Waals surface area contributed by atoms with E-state index in [-0.39, 0.29) is 12.5 Å². The van der Waals surface area contributed by atoms with Crippen LogP contribution in [0.4, 0.5) is 0 Å². The predicted octanol–water partition coefficient (Wildman–Crippen LogP) is 3.70. The van der Waals surface area contributed by atoms with Crippen molar-refractivity contribution in [1.29, 1.82) is 0 Å². The molecule has 3 rings (SSSR count). The summed E-state index contributed by atoms with van der Waals surface area (Å²) in [5.41, 5.74) is 3.91. The Labute approximate surface area is 155 Å². The molecule has 1 aliphatic carbocycles. The lowest BCUT2D eigenvalue weighted by atomic mass is 9.91. The van der Waals surface area contributed by atoms with Crippen molar-refractivity contribution in [2.45, 2.75) is 39.0 Å². The summed E-state index contributed by atoms with van der Waals surface area (Å²) in [6.07, 6.45) is 5.59. The first-order valence-electron chi connectivity index (χ1n) is 9.48. The number of hydrogen-bond acceptors (Lipinski definition) is 3. The van der Waals surface area contributed by atoms with Crippen molar-refractivity contribution >= 4 is 5.91 Å². The van der Waals surface area contributed by atoms with Gasteiger partial charge >= 0.3 is 0 Å². The Bertz CT molecular complexity index is 725. The van der Waals surface area contributed by atoms with Crippen LogP contribution in [0.2, 0.25) is 0 Å². The number of hydrogen-bond donors (Lipinski definition) is 1. The summed E-state index contributed by atoms with van der Waals surface area (Å²) in [4.78, 5) is 12.0. The average molecular weight is 353 g/mol. The molecule has 138 valence electrons. The van der Waals surface area contributed by atoms with Crippen LogP contribution in [0.5, 0.6) is 11.5 Å². The third kappa shape index (κ3) is 5.01. The lowest BCUT2D eigenvalue weighted by Crippen LogP contribution is -2.32. The molecule has 0 radical (unpaired) electrons. The SMILES string of the molecule is CCc1ccc(OCCNC(=O)COc2cccc3c2CCCC3)cc1. The smallest absolute Gasteiger partial charge is 0.258 e. The Morgan fingerprint density at radius 1 is 1.04 bits per heavy atom. The van der Waals surface area contributed by atoms with Gasteiger partial charge in [0.2, 0.25) is 0 Å². The molecule has 0 fully saturated rings. The van der Waals surface area contributed by atoms with Gasteiger partial charge in [0, 0.05) is 0 Å². The molecule has 26 heavy (non-hydrogen) atoms. The van der Waals surface area contributed by atoms with Gasteiger partial charge in [-0.15, -0.1) is 0 Å². The Morgan fingerprint density at radius 2 is 1.85 bits per heavy atom. The number of nitrogens with one attached hydrogen (secondary N) is 1. The Kier molecular flexibility index (Phi) is 6.53. The molecule has 2 aromatic carbocycles. The molecule has 0 spiro atoms. The van der Waals surface area contributed by atoms with Crippen LogP contribution in [-0.2, 0) is 24.1 Å². The quantitative estimate of drug-likeness (QED) is 0.736. The standard InChI is InChI=1S/C22H27NO3/c1-2-17-10-12-19(13-11-17)25-15-14-23-22(24)16-26-21-9-5-7-18-6-3-4-8-20(18)21/h5,7,9-13H,2-4,6,8,14-16H2,1H3,(H,23,24). The number of carbonyl (C=O) groups excluding carboxylic acids is 1. The molecule has 1 aliphatic rings. The molecule has 1 N–H and O–H groups in total. The van der Waals surface area contributed by atoms with Gasteiger partial charge < -0.3 is 14.8 Å². The molecule has 0 unspecified atom stereocenters. The number of carbonyl (C=O) groups is 1. The maximum absolute atomic E-state index is 12.0. The number of benzene rings is 2. The first-order chi connectivity index (χ1) is 12.8. The van der Waals surface area contributed by atoms with Crippen molar-refractivity contribution in [3.63, 3.8) is 0 Å². The van der Waals surface area contributed by atoms with Gasteiger partial charge in [0.15, 0.2) is 6.61 Å². The van der Waals surface area contributed by atoms with E-state index in [4.69, 9.17) is 9.47 Å². The van der Waals surface area contributed by atoms with E-state index in [9.17, 15) is 4.79 Å². The van der Waals surface area contributed by atoms with Gasteiger partial charge in [-0.3, -0.25) is 4.79 Å². The van der Waals surface area contributed by atoms with Crippen LogP contribution < -0.4 is 14.8 Å². The van der Waals surface area contributed by atoms with Crippen LogP contribution in [0.25, 0.3) is 0 Å². The van der Waals surface area contributed by atoms with Crippen LogP contribution in [0.15, 0.2) is 42.5 Å². The van der Waals surface area contributed by atoms with Crippen LogP contribution in [0, 0.1) is 0 Å². The first kappa shape index (κ1) is 18.3. The minimum atomic E-state index is -0.122. The lowest BCUT2D eigenvalue weighted by molar-refractivity contribution is -0.123. The third-order valence-corrected chi connectivity index (χ3v) is 4.74. The van der Waals surface area contributed by atoms with Crippen molar-refractivity contribution in [1.82, 2.24) is 5.32 Å². The molecule has 4 nitrogen and oxygen atoms in total. The van der Waals surface area contributed by atoms with E-state index >= 15 is 0 Å². The summed E-state index contributed by atoms with van der Waals surface area (Å²) in [7, 11) is 0. The molecule has 0 aliphatic heterocycles. The van der Waals surface area contributed by atoms with Gasteiger partial charge in [0.1, 0.15) is 18.1 Å².